The smallest absolute Gasteiger partial charge is 0.411 e. The molecule has 0 radical (unpaired) electrons. The lowest BCUT2D eigenvalue weighted by Crippen LogP contribution is -2.62. The van der Waals surface area contributed by atoms with Crippen LogP contribution in [0.4, 0.5) is 4.79 Å². The Morgan fingerprint density at radius 3 is 2.24 bits per heavy atom. The quantitative estimate of drug-likeness (QED) is 0.794. The number of nitrogens with zero attached hydrogens (tertiary/aromatic N) is 2. The molecule has 0 aromatic carbocycles. The van der Waals surface area contributed by atoms with Gasteiger partial charge in [0.05, 0.1) is 12.6 Å². The lowest BCUT2D eigenvalue weighted by atomic mass is 9.96. The highest BCUT2D eigenvalue weighted by molar-refractivity contribution is 5.87. The van der Waals surface area contributed by atoms with E-state index in [4.69, 9.17) is 4.74 Å². The molecule has 1 fully saturated rings. The molecule has 6 heteroatoms. The lowest BCUT2D eigenvalue weighted by molar-refractivity contribution is -0.146. The topological polar surface area (TPSA) is 70.1 Å². The van der Waals surface area contributed by atoms with Gasteiger partial charge in [0, 0.05) is 13.1 Å². The van der Waals surface area contributed by atoms with Gasteiger partial charge in [0.1, 0.15) is 11.6 Å². The van der Waals surface area contributed by atoms with Gasteiger partial charge in [-0.2, -0.15) is 0 Å². The van der Waals surface area contributed by atoms with Crippen molar-refractivity contribution < 1.29 is 19.4 Å². The zero-order valence-electron chi connectivity index (χ0n) is 16.9. The molecule has 1 rings (SSSR count). The number of carbonyl (C=O) groups excluding carboxylic acids is 2. The molecule has 0 aliphatic carbocycles. The SMILES string of the molecule is CC(C)C[C@@H](CO)N1CCN(C(=O)OC(C)(C)C)[C@@H](CC(C)C)C1=O. The summed E-state index contributed by atoms with van der Waals surface area (Å²) in [5.41, 5.74) is -0.592. The number of carbonyl (C=O) groups is 2. The van der Waals surface area contributed by atoms with E-state index < -0.39 is 17.7 Å². The molecule has 2 atom stereocenters. The molecule has 25 heavy (non-hydrogen) atoms. The summed E-state index contributed by atoms with van der Waals surface area (Å²) < 4.78 is 5.49. The second-order valence-corrected chi connectivity index (χ2v) is 8.82. The van der Waals surface area contributed by atoms with Crippen LogP contribution in [0.25, 0.3) is 0 Å². The molecule has 0 aromatic heterocycles. The maximum atomic E-state index is 13.1. The van der Waals surface area contributed by atoms with Crippen molar-refractivity contribution in [3.05, 3.63) is 0 Å². The Balaban J connectivity index is 2.98. The van der Waals surface area contributed by atoms with Crippen LogP contribution in [-0.4, -0.2) is 64.3 Å². The highest BCUT2D eigenvalue weighted by Gasteiger charge is 2.41. The third-order valence-corrected chi connectivity index (χ3v) is 4.24. The zero-order valence-corrected chi connectivity index (χ0v) is 16.9. The van der Waals surface area contributed by atoms with E-state index in [2.05, 4.69) is 13.8 Å². The van der Waals surface area contributed by atoms with Crippen LogP contribution in [0.1, 0.15) is 61.3 Å². The first-order chi connectivity index (χ1) is 11.5. The Hall–Kier alpha value is -1.30. The van der Waals surface area contributed by atoms with E-state index >= 15 is 0 Å². The van der Waals surface area contributed by atoms with E-state index in [0.29, 0.717) is 25.4 Å². The van der Waals surface area contributed by atoms with Crippen LogP contribution in [0.2, 0.25) is 0 Å². The molecule has 146 valence electrons. The molecule has 1 N–H and O–H groups in total. The summed E-state index contributed by atoms with van der Waals surface area (Å²) in [5.74, 6) is 0.583. The number of amides is 2. The normalized spacial score (nSPS) is 20.4. The number of aliphatic hydroxyl groups is 1. The third-order valence-electron chi connectivity index (χ3n) is 4.24. The molecule has 0 bridgehead atoms. The number of rotatable bonds is 6. The largest absolute Gasteiger partial charge is 0.444 e. The number of ether oxygens (including phenoxy) is 1. The first-order valence-corrected chi connectivity index (χ1v) is 9.37. The van der Waals surface area contributed by atoms with Crippen LogP contribution in [0.5, 0.6) is 0 Å². The van der Waals surface area contributed by atoms with Crippen LogP contribution in [0, 0.1) is 11.8 Å². The molecule has 1 aliphatic rings. The highest BCUT2D eigenvalue weighted by Crippen LogP contribution is 2.24. The molecule has 6 nitrogen and oxygen atoms in total. The van der Waals surface area contributed by atoms with Crippen LogP contribution in [0.3, 0.4) is 0 Å². The van der Waals surface area contributed by atoms with Crippen LogP contribution < -0.4 is 0 Å². The summed E-state index contributed by atoms with van der Waals surface area (Å²) in [5, 5.41) is 9.74. The van der Waals surface area contributed by atoms with Crippen molar-refractivity contribution in [1.29, 1.82) is 0 Å². The number of piperazine rings is 1. The monoisotopic (exact) mass is 356 g/mol. The molecule has 0 unspecified atom stereocenters. The predicted octanol–water partition coefficient (Wildman–Crippen LogP) is 2.89. The number of hydrogen-bond donors (Lipinski definition) is 1. The van der Waals surface area contributed by atoms with Crippen molar-refractivity contribution >= 4 is 12.0 Å². The first kappa shape index (κ1) is 21.7. The molecule has 0 aromatic rings. The van der Waals surface area contributed by atoms with Crippen LogP contribution in [-0.2, 0) is 9.53 Å². The van der Waals surface area contributed by atoms with Gasteiger partial charge in [-0.15, -0.1) is 0 Å². The average Bonchev–Trinajstić information content (AvgIpc) is 2.44. The van der Waals surface area contributed by atoms with Gasteiger partial charge in [-0.25, -0.2) is 4.79 Å². The minimum Gasteiger partial charge on any atom is -0.444 e. The summed E-state index contributed by atoms with van der Waals surface area (Å²) in [4.78, 5) is 29.0. The molecular weight excluding hydrogens is 320 g/mol. The van der Waals surface area contributed by atoms with Gasteiger partial charge in [-0.1, -0.05) is 27.7 Å². The van der Waals surface area contributed by atoms with Gasteiger partial charge in [-0.05, 0) is 45.4 Å². The van der Waals surface area contributed by atoms with Gasteiger partial charge in [0.15, 0.2) is 0 Å². The van der Waals surface area contributed by atoms with Gasteiger partial charge < -0.3 is 14.7 Å². The minimum absolute atomic E-state index is 0.0508. The van der Waals surface area contributed by atoms with Crippen molar-refractivity contribution in [3.63, 3.8) is 0 Å². The van der Waals surface area contributed by atoms with Gasteiger partial charge in [-0.3, -0.25) is 9.69 Å². The summed E-state index contributed by atoms with van der Waals surface area (Å²) in [6, 6.07) is -0.715. The molecular formula is C19H36N2O4. The van der Waals surface area contributed by atoms with E-state index in [1.165, 1.54) is 0 Å². The second-order valence-electron chi connectivity index (χ2n) is 8.82. The molecule has 0 spiro atoms. The average molecular weight is 357 g/mol. The van der Waals surface area contributed by atoms with Crippen molar-refractivity contribution in [1.82, 2.24) is 9.80 Å². The van der Waals surface area contributed by atoms with E-state index in [1.54, 1.807) is 9.80 Å². The summed E-state index contributed by atoms with van der Waals surface area (Å²) in [6.07, 6.45) is 0.910. The standard InChI is InChI=1S/C19H36N2O4/c1-13(2)10-15(12-22)20-8-9-21(18(24)25-19(5,6)7)16(17(20)23)11-14(3)4/h13-16,22H,8-12H2,1-7H3/t15-,16-/m0/s1. The molecule has 0 saturated carbocycles. The maximum Gasteiger partial charge on any atom is 0.411 e. The van der Waals surface area contributed by atoms with Crippen molar-refractivity contribution in [2.45, 2.75) is 79.0 Å². The fraction of sp³-hybridized carbons (Fsp3) is 0.895. The fourth-order valence-corrected chi connectivity index (χ4v) is 3.23. The molecule has 1 heterocycles. The number of aliphatic hydroxyl groups excluding tert-OH is 1. The second kappa shape index (κ2) is 8.88. The Bertz CT molecular complexity index is 457. The Labute approximate surface area is 152 Å². The van der Waals surface area contributed by atoms with E-state index in [0.717, 1.165) is 6.42 Å². The van der Waals surface area contributed by atoms with Gasteiger partial charge in [0.2, 0.25) is 5.91 Å². The summed E-state index contributed by atoms with van der Waals surface area (Å²) >= 11 is 0. The van der Waals surface area contributed by atoms with Crippen LogP contribution in [0.15, 0.2) is 0 Å². The summed E-state index contributed by atoms with van der Waals surface area (Å²) in [6.45, 7) is 14.5. The van der Waals surface area contributed by atoms with E-state index in [1.807, 2.05) is 34.6 Å². The first-order valence-electron chi connectivity index (χ1n) is 9.37. The maximum absolute atomic E-state index is 13.1. The molecule has 1 saturated heterocycles. The fourth-order valence-electron chi connectivity index (χ4n) is 3.23. The van der Waals surface area contributed by atoms with E-state index in [9.17, 15) is 14.7 Å². The van der Waals surface area contributed by atoms with Crippen molar-refractivity contribution in [2.75, 3.05) is 19.7 Å². The number of hydrogen-bond acceptors (Lipinski definition) is 4. The minimum atomic E-state index is -0.592. The van der Waals surface area contributed by atoms with Gasteiger partial charge in [0.25, 0.3) is 0 Å². The van der Waals surface area contributed by atoms with Crippen molar-refractivity contribution in [3.8, 4) is 0 Å². The third kappa shape index (κ3) is 6.49. The van der Waals surface area contributed by atoms with E-state index in [-0.39, 0.29) is 24.5 Å². The Kier molecular flexibility index (Phi) is 7.72. The van der Waals surface area contributed by atoms with Gasteiger partial charge >= 0.3 is 6.09 Å². The van der Waals surface area contributed by atoms with Crippen molar-refractivity contribution in [2.24, 2.45) is 11.8 Å². The Morgan fingerprint density at radius 2 is 1.80 bits per heavy atom. The molecule has 2 amide bonds. The lowest BCUT2D eigenvalue weighted by Gasteiger charge is -2.44. The molecule has 1 aliphatic heterocycles. The summed E-state index contributed by atoms with van der Waals surface area (Å²) in [7, 11) is 0. The Morgan fingerprint density at radius 1 is 1.20 bits per heavy atom. The predicted molar refractivity (Wildman–Crippen MR) is 98.2 cm³/mol. The van der Waals surface area contributed by atoms with Crippen LogP contribution >= 0.6 is 0 Å². The highest BCUT2D eigenvalue weighted by atomic mass is 16.6. The zero-order chi connectivity index (χ0) is 19.4.